The number of carboxylic acids is 1. The van der Waals surface area contributed by atoms with Crippen LogP contribution in [0.2, 0.25) is 5.02 Å². The van der Waals surface area contributed by atoms with Crippen LogP contribution in [0.25, 0.3) is 0 Å². The SMILES string of the molecule is O=C(NC1C=CC(C(=O)O)C1)c1ccc(O)c(Cl)c1. The van der Waals surface area contributed by atoms with E-state index in [9.17, 15) is 14.7 Å². The Hall–Kier alpha value is -2.01. The third kappa shape index (κ3) is 3.06. The van der Waals surface area contributed by atoms with E-state index in [0.29, 0.717) is 12.0 Å². The van der Waals surface area contributed by atoms with Gasteiger partial charge < -0.3 is 15.5 Å². The fourth-order valence-electron chi connectivity index (χ4n) is 1.89. The van der Waals surface area contributed by atoms with Crippen molar-refractivity contribution >= 4 is 23.5 Å². The number of aliphatic carboxylic acids is 1. The Kier molecular flexibility index (Phi) is 3.76. The summed E-state index contributed by atoms with van der Waals surface area (Å²) < 4.78 is 0. The lowest BCUT2D eigenvalue weighted by Crippen LogP contribution is -2.33. The van der Waals surface area contributed by atoms with Crippen LogP contribution in [0.1, 0.15) is 16.8 Å². The second-order valence-corrected chi connectivity index (χ2v) is 4.72. The van der Waals surface area contributed by atoms with Crippen molar-refractivity contribution in [1.82, 2.24) is 5.32 Å². The summed E-state index contributed by atoms with van der Waals surface area (Å²) in [5.41, 5.74) is 0.315. The van der Waals surface area contributed by atoms with Crippen LogP contribution in [0.4, 0.5) is 0 Å². The zero-order valence-corrected chi connectivity index (χ0v) is 10.6. The van der Waals surface area contributed by atoms with E-state index in [0.717, 1.165) is 0 Å². The minimum Gasteiger partial charge on any atom is -0.506 e. The predicted molar refractivity (Wildman–Crippen MR) is 69.3 cm³/mol. The molecular formula is C13H12ClNO4. The largest absolute Gasteiger partial charge is 0.506 e. The maximum Gasteiger partial charge on any atom is 0.310 e. The minimum atomic E-state index is -0.902. The maximum atomic E-state index is 11.9. The molecule has 0 saturated heterocycles. The van der Waals surface area contributed by atoms with Crippen LogP contribution in [-0.2, 0) is 4.79 Å². The van der Waals surface area contributed by atoms with Crippen molar-refractivity contribution in [2.45, 2.75) is 12.5 Å². The fourth-order valence-corrected chi connectivity index (χ4v) is 2.07. The second-order valence-electron chi connectivity index (χ2n) is 4.31. The van der Waals surface area contributed by atoms with Gasteiger partial charge in [0.2, 0.25) is 0 Å². The van der Waals surface area contributed by atoms with Crippen molar-refractivity contribution in [3.8, 4) is 5.75 Å². The van der Waals surface area contributed by atoms with E-state index in [-0.39, 0.29) is 22.7 Å². The second kappa shape index (κ2) is 5.32. The molecule has 6 heteroatoms. The molecule has 0 aliphatic heterocycles. The van der Waals surface area contributed by atoms with Gasteiger partial charge in [-0.1, -0.05) is 23.8 Å². The van der Waals surface area contributed by atoms with Gasteiger partial charge in [0.1, 0.15) is 5.75 Å². The number of amides is 1. The summed E-state index contributed by atoms with van der Waals surface area (Å²) in [6, 6.07) is 3.84. The number of aromatic hydroxyl groups is 1. The molecule has 0 fully saturated rings. The summed E-state index contributed by atoms with van der Waals surface area (Å²) in [7, 11) is 0. The number of phenolic OH excluding ortho intramolecular Hbond substituents is 1. The molecule has 1 aliphatic rings. The molecule has 3 N–H and O–H groups in total. The molecule has 0 bridgehead atoms. The highest BCUT2D eigenvalue weighted by molar-refractivity contribution is 6.32. The van der Waals surface area contributed by atoms with Crippen molar-refractivity contribution in [3.63, 3.8) is 0 Å². The van der Waals surface area contributed by atoms with Gasteiger partial charge in [-0.15, -0.1) is 0 Å². The number of phenols is 1. The average molecular weight is 282 g/mol. The normalized spacial score (nSPS) is 21.3. The lowest BCUT2D eigenvalue weighted by molar-refractivity contribution is -0.140. The molecule has 0 saturated carbocycles. The smallest absolute Gasteiger partial charge is 0.310 e. The molecule has 0 aromatic heterocycles. The Morgan fingerprint density at radius 3 is 2.63 bits per heavy atom. The molecule has 1 aliphatic carbocycles. The topological polar surface area (TPSA) is 86.6 Å². The molecule has 2 rings (SSSR count). The van der Waals surface area contributed by atoms with Crippen LogP contribution < -0.4 is 5.32 Å². The number of hydrogen-bond donors (Lipinski definition) is 3. The Morgan fingerprint density at radius 2 is 2.05 bits per heavy atom. The summed E-state index contributed by atoms with van der Waals surface area (Å²) in [5.74, 6) is -1.91. The van der Waals surface area contributed by atoms with Gasteiger partial charge in [0.15, 0.2) is 0 Å². The maximum absolute atomic E-state index is 11.9. The van der Waals surface area contributed by atoms with Gasteiger partial charge in [-0.3, -0.25) is 9.59 Å². The van der Waals surface area contributed by atoms with Gasteiger partial charge in [0.25, 0.3) is 5.91 Å². The Balaban J connectivity index is 2.00. The molecule has 2 unspecified atom stereocenters. The quantitative estimate of drug-likeness (QED) is 0.738. The highest BCUT2D eigenvalue weighted by Crippen LogP contribution is 2.24. The van der Waals surface area contributed by atoms with Crippen molar-refractivity contribution < 1.29 is 19.8 Å². The number of halogens is 1. The van der Waals surface area contributed by atoms with Crippen molar-refractivity contribution in [3.05, 3.63) is 40.9 Å². The molecule has 1 amide bonds. The van der Waals surface area contributed by atoms with Crippen LogP contribution in [0.3, 0.4) is 0 Å². The average Bonchev–Trinajstić information content (AvgIpc) is 2.81. The first-order chi connectivity index (χ1) is 8.97. The van der Waals surface area contributed by atoms with Gasteiger partial charge in [-0.2, -0.15) is 0 Å². The van der Waals surface area contributed by atoms with Crippen molar-refractivity contribution in [2.75, 3.05) is 0 Å². The zero-order valence-electron chi connectivity index (χ0n) is 9.84. The lowest BCUT2D eigenvalue weighted by atomic mass is 10.1. The highest BCUT2D eigenvalue weighted by Gasteiger charge is 2.25. The molecule has 5 nitrogen and oxygen atoms in total. The number of benzene rings is 1. The summed E-state index contributed by atoms with van der Waals surface area (Å²) in [4.78, 5) is 22.7. The first-order valence-electron chi connectivity index (χ1n) is 5.68. The van der Waals surface area contributed by atoms with Crippen LogP contribution in [0.15, 0.2) is 30.4 Å². The minimum absolute atomic E-state index is 0.0927. The summed E-state index contributed by atoms with van der Waals surface area (Å²) in [5, 5.41) is 20.9. The number of nitrogens with one attached hydrogen (secondary N) is 1. The van der Waals surface area contributed by atoms with Crippen LogP contribution >= 0.6 is 11.6 Å². The number of carbonyl (C=O) groups excluding carboxylic acids is 1. The van der Waals surface area contributed by atoms with E-state index in [1.165, 1.54) is 18.2 Å². The molecular weight excluding hydrogens is 270 g/mol. The molecule has 0 spiro atoms. The molecule has 0 radical (unpaired) electrons. The Morgan fingerprint density at radius 1 is 1.32 bits per heavy atom. The first kappa shape index (κ1) is 13.4. The lowest BCUT2D eigenvalue weighted by Gasteiger charge is -2.12. The number of rotatable bonds is 3. The summed E-state index contributed by atoms with van der Waals surface area (Å²) in [6.45, 7) is 0. The molecule has 2 atom stereocenters. The van der Waals surface area contributed by atoms with Crippen LogP contribution in [0.5, 0.6) is 5.75 Å². The number of carboxylic acid groups (broad SMARTS) is 1. The standard InChI is InChI=1S/C13H12ClNO4/c14-10-6-7(2-4-11(10)16)12(17)15-9-3-1-8(5-9)13(18)19/h1-4,6,8-9,16H,5H2,(H,15,17)(H,18,19). The monoisotopic (exact) mass is 281 g/mol. The van der Waals surface area contributed by atoms with Crippen LogP contribution in [-0.4, -0.2) is 28.1 Å². The molecule has 1 aromatic carbocycles. The molecule has 0 heterocycles. The van der Waals surface area contributed by atoms with E-state index in [4.69, 9.17) is 16.7 Å². The van der Waals surface area contributed by atoms with E-state index < -0.39 is 11.9 Å². The third-order valence-corrected chi connectivity index (χ3v) is 3.23. The van der Waals surface area contributed by atoms with Gasteiger partial charge >= 0.3 is 5.97 Å². The van der Waals surface area contributed by atoms with Crippen molar-refractivity contribution in [2.24, 2.45) is 5.92 Å². The predicted octanol–water partition coefficient (Wildman–Crippen LogP) is 1.80. The van der Waals surface area contributed by atoms with Gasteiger partial charge in [-0.25, -0.2) is 0 Å². The highest BCUT2D eigenvalue weighted by atomic mass is 35.5. The molecule has 19 heavy (non-hydrogen) atoms. The van der Waals surface area contributed by atoms with Crippen LogP contribution in [0, 0.1) is 5.92 Å². The van der Waals surface area contributed by atoms with Gasteiger partial charge in [-0.05, 0) is 24.6 Å². The molecule has 1 aromatic rings. The Bertz CT molecular complexity index is 556. The number of hydrogen-bond acceptors (Lipinski definition) is 3. The van der Waals surface area contributed by atoms with E-state index in [1.807, 2.05) is 0 Å². The third-order valence-electron chi connectivity index (χ3n) is 2.93. The molecule has 100 valence electrons. The fraction of sp³-hybridized carbons (Fsp3) is 0.231. The zero-order chi connectivity index (χ0) is 14.0. The Labute approximate surface area is 114 Å². The van der Waals surface area contributed by atoms with E-state index in [1.54, 1.807) is 12.2 Å². The van der Waals surface area contributed by atoms with Gasteiger partial charge in [0, 0.05) is 11.6 Å². The van der Waals surface area contributed by atoms with E-state index in [2.05, 4.69) is 5.32 Å². The first-order valence-corrected chi connectivity index (χ1v) is 6.05. The van der Waals surface area contributed by atoms with Crippen molar-refractivity contribution in [1.29, 1.82) is 0 Å². The van der Waals surface area contributed by atoms with E-state index >= 15 is 0 Å². The number of carbonyl (C=O) groups is 2. The summed E-state index contributed by atoms with van der Waals surface area (Å²) in [6.07, 6.45) is 3.57. The summed E-state index contributed by atoms with van der Waals surface area (Å²) >= 11 is 5.72. The van der Waals surface area contributed by atoms with Gasteiger partial charge in [0.05, 0.1) is 10.9 Å².